The van der Waals surface area contributed by atoms with E-state index < -0.39 is 0 Å². The molecule has 104 valence electrons. The quantitative estimate of drug-likeness (QED) is 0.818. The molecule has 1 aromatic carbocycles. The monoisotopic (exact) mass is 277 g/mol. The van der Waals surface area contributed by atoms with Gasteiger partial charge in [-0.2, -0.15) is 0 Å². The van der Waals surface area contributed by atoms with Crippen LogP contribution in [0.25, 0.3) is 10.1 Å². The van der Waals surface area contributed by atoms with E-state index in [0.717, 1.165) is 6.61 Å². The molecule has 2 aromatic rings. The highest BCUT2D eigenvalue weighted by molar-refractivity contribution is 7.19. The summed E-state index contributed by atoms with van der Waals surface area (Å²) in [4.78, 5) is 1.25. The Kier molecular flexibility index (Phi) is 5.37. The number of thiophene rings is 1. The normalized spacial score (nSPS) is 13.0. The lowest BCUT2D eigenvalue weighted by Crippen LogP contribution is -2.07. The Morgan fingerprint density at radius 2 is 2.11 bits per heavy atom. The lowest BCUT2D eigenvalue weighted by atomic mass is 10.1. The van der Waals surface area contributed by atoms with Crippen molar-refractivity contribution in [1.82, 2.24) is 0 Å². The highest BCUT2D eigenvalue weighted by atomic mass is 32.1. The third kappa shape index (κ3) is 3.56. The Labute approximate surface area is 119 Å². The van der Waals surface area contributed by atoms with E-state index in [1.807, 2.05) is 0 Å². The predicted octanol–water partition coefficient (Wildman–Crippen LogP) is 4.31. The Balaban J connectivity index is 2.06. The second-order valence-corrected chi connectivity index (χ2v) is 6.25. The zero-order valence-electron chi connectivity index (χ0n) is 11.8. The Morgan fingerprint density at radius 3 is 2.84 bits per heavy atom. The first kappa shape index (κ1) is 14.5. The topological polar surface area (TPSA) is 35.2 Å². The van der Waals surface area contributed by atoms with Crippen LogP contribution in [0.15, 0.2) is 24.3 Å². The summed E-state index contributed by atoms with van der Waals surface area (Å²) in [5.41, 5.74) is 7.13. The van der Waals surface area contributed by atoms with Crippen molar-refractivity contribution in [2.75, 3.05) is 6.61 Å². The van der Waals surface area contributed by atoms with Crippen LogP contribution < -0.4 is 5.73 Å². The van der Waals surface area contributed by atoms with E-state index in [1.165, 1.54) is 33.4 Å². The van der Waals surface area contributed by atoms with Crippen molar-refractivity contribution in [3.8, 4) is 0 Å². The van der Waals surface area contributed by atoms with Crippen LogP contribution in [-0.4, -0.2) is 6.61 Å². The van der Waals surface area contributed by atoms with Crippen molar-refractivity contribution in [3.05, 3.63) is 34.7 Å². The van der Waals surface area contributed by atoms with Crippen LogP contribution in [0, 0.1) is 5.92 Å². The maximum Gasteiger partial charge on any atom is 0.0734 e. The van der Waals surface area contributed by atoms with Crippen LogP contribution in [-0.2, 0) is 17.9 Å². The van der Waals surface area contributed by atoms with E-state index in [-0.39, 0.29) is 0 Å². The molecule has 1 aromatic heterocycles. The fourth-order valence-corrected chi connectivity index (χ4v) is 3.50. The highest BCUT2D eigenvalue weighted by Crippen LogP contribution is 2.31. The summed E-state index contributed by atoms with van der Waals surface area (Å²) < 4.78 is 7.20. The van der Waals surface area contributed by atoms with Gasteiger partial charge in [-0.15, -0.1) is 11.3 Å². The SMILES string of the molecule is CCCC(C)COCc1c(CN)sc2ccccc12. The van der Waals surface area contributed by atoms with E-state index in [1.54, 1.807) is 11.3 Å². The third-order valence-corrected chi connectivity index (χ3v) is 4.63. The zero-order valence-corrected chi connectivity index (χ0v) is 12.6. The Hall–Kier alpha value is -0.900. The number of nitrogens with two attached hydrogens (primary N) is 1. The van der Waals surface area contributed by atoms with Crippen LogP contribution >= 0.6 is 11.3 Å². The molecule has 1 atom stereocenters. The van der Waals surface area contributed by atoms with E-state index >= 15 is 0 Å². The van der Waals surface area contributed by atoms with Crippen molar-refractivity contribution in [1.29, 1.82) is 0 Å². The summed E-state index contributed by atoms with van der Waals surface area (Å²) in [6.45, 7) is 6.59. The van der Waals surface area contributed by atoms with Gasteiger partial charge in [-0.05, 0) is 23.8 Å². The summed E-state index contributed by atoms with van der Waals surface area (Å²) in [6, 6.07) is 8.48. The Morgan fingerprint density at radius 1 is 1.32 bits per heavy atom. The number of hydrogen-bond donors (Lipinski definition) is 1. The maximum absolute atomic E-state index is 5.89. The lowest BCUT2D eigenvalue weighted by Gasteiger charge is -2.11. The van der Waals surface area contributed by atoms with Gasteiger partial charge in [0.25, 0.3) is 0 Å². The third-order valence-electron chi connectivity index (χ3n) is 3.40. The first-order valence-corrected chi connectivity index (χ1v) is 7.85. The number of rotatable bonds is 7. The van der Waals surface area contributed by atoms with Gasteiger partial charge in [0, 0.05) is 28.3 Å². The minimum absolute atomic E-state index is 0.600. The molecule has 0 radical (unpaired) electrons. The minimum atomic E-state index is 0.600. The van der Waals surface area contributed by atoms with Crippen molar-refractivity contribution < 1.29 is 4.74 Å². The van der Waals surface area contributed by atoms with Gasteiger partial charge in [-0.3, -0.25) is 0 Å². The zero-order chi connectivity index (χ0) is 13.7. The van der Waals surface area contributed by atoms with Gasteiger partial charge in [-0.25, -0.2) is 0 Å². The van der Waals surface area contributed by atoms with Crippen LogP contribution in [0.5, 0.6) is 0 Å². The molecular formula is C16H23NOS. The molecule has 0 aliphatic rings. The number of benzene rings is 1. The van der Waals surface area contributed by atoms with Crippen LogP contribution in [0.1, 0.15) is 37.1 Å². The van der Waals surface area contributed by atoms with Gasteiger partial charge < -0.3 is 10.5 Å². The van der Waals surface area contributed by atoms with E-state index in [0.29, 0.717) is 19.1 Å². The Bertz CT molecular complexity index is 520. The molecule has 0 bridgehead atoms. The van der Waals surface area contributed by atoms with Crippen molar-refractivity contribution in [2.45, 2.75) is 39.8 Å². The summed E-state index contributed by atoms with van der Waals surface area (Å²) >= 11 is 1.79. The largest absolute Gasteiger partial charge is 0.376 e. The molecule has 0 aliphatic heterocycles. The van der Waals surface area contributed by atoms with Crippen LogP contribution in [0.3, 0.4) is 0 Å². The molecule has 0 amide bonds. The second-order valence-electron chi connectivity index (χ2n) is 5.11. The van der Waals surface area contributed by atoms with Gasteiger partial charge in [-0.1, -0.05) is 38.5 Å². The molecule has 0 fully saturated rings. The maximum atomic E-state index is 5.89. The lowest BCUT2D eigenvalue weighted by molar-refractivity contribution is 0.0898. The summed E-state index contributed by atoms with van der Waals surface area (Å²) in [5.74, 6) is 0.635. The van der Waals surface area contributed by atoms with Gasteiger partial charge in [0.1, 0.15) is 0 Å². The van der Waals surface area contributed by atoms with Crippen molar-refractivity contribution >= 4 is 21.4 Å². The number of ether oxygens (including phenoxy) is 1. The molecule has 3 heteroatoms. The van der Waals surface area contributed by atoms with E-state index in [2.05, 4.69) is 38.1 Å². The van der Waals surface area contributed by atoms with Crippen LogP contribution in [0.2, 0.25) is 0 Å². The van der Waals surface area contributed by atoms with Gasteiger partial charge >= 0.3 is 0 Å². The van der Waals surface area contributed by atoms with Crippen molar-refractivity contribution in [2.24, 2.45) is 11.7 Å². The van der Waals surface area contributed by atoms with E-state index in [4.69, 9.17) is 10.5 Å². The first-order chi connectivity index (χ1) is 9.26. The predicted molar refractivity (Wildman–Crippen MR) is 83.4 cm³/mol. The van der Waals surface area contributed by atoms with Gasteiger partial charge in [0.05, 0.1) is 6.61 Å². The summed E-state index contributed by atoms with van der Waals surface area (Å²) in [6.07, 6.45) is 2.45. The average molecular weight is 277 g/mol. The summed E-state index contributed by atoms with van der Waals surface area (Å²) in [7, 11) is 0. The van der Waals surface area contributed by atoms with Crippen LogP contribution in [0.4, 0.5) is 0 Å². The first-order valence-electron chi connectivity index (χ1n) is 7.03. The number of fused-ring (bicyclic) bond motifs is 1. The molecule has 0 saturated heterocycles. The standard InChI is InChI=1S/C16H23NOS/c1-3-6-12(2)10-18-11-14-13-7-4-5-8-15(13)19-16(14)9-17/h4-5,7-8,12H,3,6,9-11,17H2,1-2H3. The fourth-order valence-electron chi connectivity index (χ4n) is 2.41. The molecule has 0 spiro atoms. The summed E-state index contributed by atoms with van der Waals surface area (Å²) in [5, 5.41) is 1.30. The average Bonchev–Trinajstić information content (AvgIpc) is 2.77. The molecule has 2 rings (SSSR count). The van der Waals surface area contributed by atoms with E-state index in [9.17, 15) is 0 Å². The molecule has 0 saturated carbocycles. The van der Waals surface area contributed by atoms with Gasteiger partial charge in [0.15, 0.2) is 0 Å². The van der Waals surface area contributed by atoms with Crippen molar-refractivity contribution in [3.63, 3.8) is 0 Å². The molecular weight excluding hydrogens is 254 g/mol. The highest BCUT2D eigenvalue weighted by Gasteiger charge is 2.11. The minimum Gasteiger partial charge on any atom is -0.376 e. The molecule has 2 N–H and O–H groups in total. The molecule has 1 heterocycles. The molecule has 2 nitrogen and oxygen atoms in total. The number of hydrogen-bond acceptors (Lipinski definition) is 3. The molecule has 1 unspecified atom stereocenters. The smallest absolute Gasteiger partial charge is 0.0734 e. The second kappa shape index (κ2) is 7.04. The molecule has 0 aliphatic carbocycles. The molecule has 19 heavy (non-hydrogen) atoms. The fraction of sp³-hybridized carbons (Fsp3) is 0.500. The van der Waals surface area contributed by atoms with Gasteiger partial charge in [0.2, 0.25) is 0 Å².